The van der Waals surface area contributed by atoms with Crippen LogP contribution in [0.4, 0.5) is 0 Å². The zero-order valence-corrected chi connectivity index (χ0v) is 13.9. The van der Waals surface area contributed by atoms with Crippen LogP contribution in [-0.4, -0.2) is 23.1 Å². The van der Waals surface area contributed by atoms with Crippen molar-refractivity contribution in [1.82, 2.24) is 0 Å². The predicted molar refractivity (Wildman–Crippen MR) is 82.5 cm³/mol. The molecular formula is C19H24O4. The second-order valence-corrected chi connectivity index (χ2v) is 8.75. The van der Waals surface area contributed by atoms with Crippen molar-refractivity contribution in [3.05, 3.63) is 0 Å². The Morgan fingerprint density at radius 3 is 2.39 bits per heavy atom. The van der Waals surface area contributed by atoms with E-state index in [4.69, 9.17) is 0 Å². The van der Waals surface area contributed by atoms with Gasteiger partial charge in [-0.3, -0.25) is 19.2 Å². The highest BCUT2D eigenvalue weighted by atomic mass is 16.2. The van der Waals surface area contributed by atoms with Gasteiger partial charge in [0.05, 0.1) is 0 Å². The molecule has 4 aliphatic carbocycles. The summed E-state index contributed by atoms with van der Waals surface area (Å²) in [5.74, 6) is 0.359. The molecule has 0 amide bonds. The van der Waals surface area contributed by atoms with Crippen molar-refractivity contribution in [2.75, 3.05) is 0 Å². The molecule has 0 aromatic heterocycles. The van der Waals surface area contributed by atoms with Crippen molar-refractivity contribution in [3.63, 3.8) is 0 Å². The van der Waals surface area contributed by atoms with E-state index >= 15 is 0 Å². The Morgan fingerprint density at radius 1 is 0.913 bits per heavy atom. The van der Waals surface area contributed by atoms with Crippen LogP contribution < -0.4 is 0 Å². The summed E-state index contributed by atoms with van der Waals surface area (Å²) in [4.78, 5) is 49.0. The summed E-state index contributed by atoms with van der Waals surface area (Å²) in [6.07, 6.45) is 4.13. The summed E-state index contributed by atoms with van der Waals surface area (Å²) >= 11 is 0. The average molecular weight is 316 g/mol. The van der Waals surface area contributed by atoms with Crippen LogP contribution in [0.25, 0.3) is 0 Å². The first-order valence-electron chi connectivity index (χ1n) is 8.89. The van der Waals surface area contributed by atoms with E-state index in [0.29, 0.717) is 24.5 Å². The van der Waals surface area contributed by atoms with Gasteiger partial charge < -0.3 is 0 Å². The van der Waals surface area contributed by atoms with Gasteiger partial charge in [-0.15, -0.1) is 0 Å². The monoisotopic (exact) mass is 316 g/mol. The third kappa shape index (κ3) is 1.84. The molecule has 4 rings (SSSR count). The average Bonchev–Trinajstić information content (AvgIpc) is 2.78. The Bertz CT molecular complexity index is 635. The van der Waals surface area contributed by atoms with E-state index in [1.54, 1.807) is 0 Å². The van der Waals surface area contributed by atoms with Crippen LogP contribution in [0, 0.1) is 34.5 Å². The summed E-state index contributed by atoms with van der Waals surface area (Å²) in [6.45, 7) is 4.13. The Hall–Kier alpha value is -1.32. The Morgan fingerprint density at radius 2 is 1.65 bits per heavy atom. The lowest BCUT2D eigenvalue weighted by molar-refractivity contribution is -0.163. The minimum atomic E-state index is -0.377. The lowest BCUT2D eigenvalue weighted by Crippen LogP contribution is -2.58. The molecule has 2 unspecified atom stereocenters. The molecule has 0 aromatic carbocycles. The maximum atomic E-state index is 12.8. The van der Waals surface area contributed by atoms with Crippen LogP contribution >= 0.6 is 0 Å². The van der Waals surface area contributed by atoms with E-state index in [2.05, 4.69) is 13.8 Å². The summed E-state index contributed by atoms with van der Waals surface area (Å²) in [6, 6.07) is 0. The highest BCUT2D eigenvalue weighted by Crippen LogP contribution is 2.64. The largest absolute Gasteiger partial charge is 0.299 e. The Labute approximate surface area is 136 Å². The molecule has 4 heteroatoms. The fraction of sp³-hybridized carbons (Fsp3) is 0.789. The van der Waals surface area contributed by atoms with Gasteiger partial charge in [0, 0.05) is 37.0 Å². The quantitative estimate of drug-likeness (QED) is 0.644. The molecule has 4 aliphatic rings. The molecule has 4 saturated carbocycles. The second-order valence-electron chi connectivity index (χ2n) is 8.75. The molecule has 0 bridgehead atoms. The molecule has 6 atom stereocenters. The van der Waals surface area contributed by atoms with Gasteiger partial charge in [0.1, 0.15) is 11.6 Å². The van der Waals surface area contributed by atoms with Gasteiger partial charge in [-0.1, -0.05) is 13.8 Å². The van der Waals surface area contributed by atoms with E-state index < -0.39 is 0 Å². The van der Waals surface area contributed by atoms with Crippen LogP contribution in [0.3, 0.4) is 0 Å². The van der Waals surface area contributed by atoms with Crippen LogP contribution in [0.1, 0.15) is 58.8 Å². The topological polar surface area (TPSA) is 68.3 Å². The van der Waals surface area contributed by atoms with E-state index in [-0.39, 0.29) is 58.8 Å². The molecule has 0 aliphatic heterocycles. The Kier molecular flexibility index (Phi) is 3.05. The molecule has 124 valence electrons. The SMILES string of the molecule is C[C@]12CC(=O)C(=O)CC1C(=O)CC1[C@@H]2CC[C@]2(C)C(=O)CC[C@@H]12. The van der Waals surface area contributed by atoms with Crippen molar-refractivity contribution >= 4 is 23.1 Å². The van der Waals surface area contributed by atoms with Gasteiger partial charge in [0.25, 0.3) is 0 Å². The summed E-state index contributed by atoms with van der Waals surface area (Å²) < 4.78 is 0. The molecule has 23 heavy (non-hydrogen) atoms. The first kappa shape index (κ1) is 15.2. The maximum Gasteiger partial charge on any atom is 0.199 e. The van der Waals surface area contributed by atoms with E-state index in [0.717, 1.165) is 19.3 Å². The van der Waals surface area contributed by atoms with Gasteiger partial charge >= 0.3 is 0 Å². The molecule has 0 aromatic rings. The van der Waals surface area contributed by atoms with Crippen molar-refractivity contribution in [2.45, 2.75) is 58.8 Å². The summed E-state index contributed by atoms with van der Waals surface area (Å²) in [7, 11) is 0. The number of rotatable bonds is 0. The fourth-order valence-electron chi connectivity index (χ4n) is 6.51. The standard InChI is InChI=1S/C19H24O4/c1-18-6-5-12-10(11(18)3-4-17(18)23)7-14(20)13-8-15(21)16(22)9-19(12,13)2/h10-13H,3-9H2,1-2H3/t10?,11-,12-,13?,18-,19+/m0/s1. The van der Waals surface area contributed by atoms with E-state index in [1.807, 2.05) is 0 Å². The number of Topliss-reactive ketones (excluding diaryl/α,β-unsaturated/α-hetero) is 4. The maximum absolute atomic E-state index is 12.8. The zero-order valence-electron chi connectivity index (χ0n) is 13.9. The van der Waals surface area contributed by atoms with Crippen LogP contribution in [0.2, 0.25) is 0 Å². The summed E-state index contributed by atoms with van der Waals surface area (Å²) in [5, 5.41) is 0. The highest BCUT2D eigenvalue weighted by molar-refractivity contribution is 6.38. The van der Waals surface area contributed by atoms with Crippen molar-refractivity contribution in [2.24, 2.45) is 34.5 Å². The number of fused-ring (bicyclic) bond motifs is 5. The first-order valence-corrected chi connectivity index (χ1v) is 8.89. The number of hydrogen-bond donors (Lipinski definition) is 0. The lowest BCUT2D eigenvalue weighted by Gasteiger charge is -2.57. The van der Waals surface area contributed by atoms with Gasteiger partial charge in [-0.25, -0.2) is 0 Å². The smallest absolute Gasteiger partial charge is 0.199 e. The van der Waals surface area contributed by atoms with Crippen molar-refractivity contribution in [1.29, 1.82) is 0 Å². The van der Waals surface area contributed by atoms with Gasteiger partial charge in [0.2, 0.25) is 0 Å². The van der Waals surface area contributed by atoms with Crippen molar-refractivity contribution in [3.8, 4) is 0 Å². The number of carbonyl (C=O) groups excluding carboxylic acids is 4. The van der Waals surface area contributed by atoms with Crippen LogP contribution in [0.5, 0.6) is 0 Å². The summed E-state index contributed by atoms with van der Waals surface area (Å²) in [5.41, 5.74) is -0.642. The lowest BCUT2D eigenvalue weighted by atomic mass is 9.45. The van der Waals surface area contributed by atoms with Gasteiger partial charge in [0.15, 0.2) is 11.6 Å². The minimum absolute atomic E-state index is 0.109. The molecule has 4 nitrogen and oxygen atoms in total. The fourth-order valence-corrected chi connectivity index (χ4v) is 6.51. The molecular weight excluding hydrogens is 292 g/mol. The minimum Gasteiger partial charge on any atom is -0.299 e. The van der Waals surface area contributed by atoms with E-state index in [1.165, 1.54) is 0 Å². The highest BCUT2D eigenvalue weighted by Gasteiger charge is 2.63. The van der Waals surface area contributed by atoms with Crippen molar-refractivity contribution < 1.29 is 19.2 Å². The molecule has 0 radical (unpaired) electrons. The third-order valence-corrected chi connectivity index (χ3v) is 7.86. The zero-order chi connectivity index (χ0) is 16.6. The first-order chi connectivity index (χ1) is 10.8. The predicted octanol–water partition coefficient (Wildman–Crippen LogP) is 2.53. The molecule has 0 heterocycles. The number of hydrogen-bond acceptors (Lipinski definition) is 4. The van der Waals surface area contributed by atoms with Crippen LogP contribution in [-0.2, 0) is 19.2 Å². The molecule has 0 saturated heterocycles. The van der Waals surface area contributed by atoms with Crippen LogP contribution in [0.15, 0.2) is 0 Å². The molecule has 0 spiro atoms. The van der Waals surface area contributed by atoms with E-state index in [9.17, 15) is 19.2 Å². The van der Waals surface area contributed by atoms with Gasteiger partial charge in [-0.05, 0) is 42.4 Å². The molecule has 0 N–H and O–H groups in total. The third-order valence-electron chi connectivity index (χ3n) is 7.86. The molecule has 4 fully saturated rings. The Balaban J connectivity index is 1.73. The number of carbonyl (C=O) groups is 4. The number of ketones is 4. The second kappa shape index (κ2) is 4.61. The van der Waals surface area contributed by atoms with Gasteiger partial charge in [-0.2, -0.15) is 0 Å². The normalized spacial score (nSPS) is 49.7.